The van der Waals surface area contributed by atoms with Gasteiger partial charge < -0.3 is 30.1 Å². The lowest BCUT2D eigenvalue weighted by atomic mass is 9.97. The highest BCUT2D eigenvalue weighted by atomic mass is 16.7. The molecule has 2 rings (SSSR count). The molecular weight excluding hydrogens is 290 g/mol. The van der Waals surface area contributed by atoms with Crippen molar-refractivity contribution in [1.82, 2.24) is 5.32 Å². The van der Waals surface area contributed by atoms with Crippen molar-refractivity contribution in [3.05, 3.63) is 29.8 Å². The van der Waals surface area contributed by atoms with Crippen molar-refractivity contribution in [1.29, 1.82) is 0 Å². The van der Waals surface area contributed by atoms with Crippen molar-refractivity contribution < 1.29 is 29.6 Å². The Morgan fingerprint density at radius 2 is 1.91 bits per heavy atom. The predicted molar refractivity (Wildman–Crippen MR) is 77.2 cm³/mol. The number of amides is 1. The molecule has 1 fully saturated rings. The number of rotatable bonds is 4. The fourth-order valence-electron chi connectivity index (χ4n) is 2.32. The van der Waals surface area contributed by atoms with Crippen molar-refractivity contribution in [2.45, 2.75) is 44.5 Å². The summed E-state index contributed by atoms with van der Waals surface area (Å²) in [6.45, 7) is 2.75. The summed E-state index contributed by atoms with van der Waals surface area (Å²) in [5.41, 5.74) is 1.05. The Balaban J connectivity index is 2.18. The molecule has 22 heavy (non-hydrogen) atoms. The molecule has 0 aliphatic carbocycles. The topological polar surface area (TPSA) is 108 Å². The minimum absolute atomic E-state index is 0.389. The maximum Gasteiger partial charge on any atom is 0.223 e. The van der Waals surface area contributed by atoms with E-state index in [1.807, 2.05) is 19.1 Å². The summed E-state index contributed by atoms with van der Waals surface area (Å²) in [7, 11) is 0. The third-order valence-corrected chi connectivity index (χ3v) is 3.52. The summed E-state index contributed by atoms with van der Waals surface area (Å²) in [5.74, 6) is 0.103. The molecule has 1 aliphatic rings. The average molecular weight is 311 g/mol. The second-order valence-corrected chi connectivity index (χ2v) is 5.36. The van der Waals surface area contributed by atoms with E-state index in [-0.39, 0.29) is 5.91 Å². The zero-order chi connectivity index (χ0) is 16.3. The van der Waals surface area contributed by atoms with Crippen LogP contribution in [0.2, 0.25) is 0 Å². The highest BCUT2D eigenvalue weighted by molar-refractivity contribution is 5.73. The number of nitrogens with one attached hydrogen (secondary N) is 1. The van der Waals surface area contributed by atoms with E-state index in [4.69, 9.17) is 9.47 Å². The zero-order valence-corrected chi connectivity index (χ0v) is 12.5. The first-order valence-electron chi connectivity index (χ1n) is 7.05. The summed E-state index contributed by atoms with van der Waals surface area (Å²) < 4.78 is 11.1. The normalized spacial score (nSPS) is 31.6. The molecule has 0 aromatic heterocycles. The van der Waals surface area contributed by atoms with Crippen LogP contribution < -0.4 is 10.1 Å². The number of aryl methyl sites for hydroxylation is 1. The van der Waals surface area contributed by atoms with Crippen LogP contribution in [0.5, 0.6) is 5.75 Å². The van der Waals surface area contributed by atoms with Crippen molar-refractivity contribution in [2.75, 3.05) is 6.61 Å². The van der Waals surface area contributed by atoms with Gasteiger partial charge in [0.05, 0.1) is 6.61 Å². The third-order valence-electron chi connectivity index (χ3n) is 3.52. The Bertz CT molecular complexity index is 505. The molecule has 1 heterocycles. The van der Waals surface area contributed by atoms with Gasteiger partial charge in [0.25, 0.3) is 0 Å². The minimum Gasteiger partial charge on any atom is -0.463 e. The number of aliphatic hydroxyl groups is 3. The van der Waals surface area contributed by atoms with Crippen LogP contribution in [0.4, 0.5) is 0 Å². The highest BCUT2D eigenvalue weighted by Gasteiger charge is 2.46. The summed E-state index contributed by atoms with van der Waals surface area (Å²) in [6.07, 6.45) is -4.65. The fourth-order valence-corrected chi connectivity index (χ4v) is 2.32. The van der Waals surface area contributed by atoms with E-state index < -0.39 is 37.3 Å². The van der Waals surface area contributed by atoms with Crippen LogP contribution in [0.15, 0.2) is 24.3 Å². The molecule has 0 spiro atoms. The number of hydrogen-bond donors (Lipinski definition) is 4. The number of carbonyl (C=O) groups excluding carboxylic acids is 1. The van der Waals surface area contributed by atoms with Crippen molar-refractivity contribution in [2.24, 2.45) is 0 Å². The largest absolute Gasteiger partial charge is 0.463 e. The van der Waals surface area contributed by atoms with Crippen LogP contribution in [-0.4, -0.2) is 58.5 Å². The molecule has 0 bridgehead atoms. The van der Waals surface area contributed by atoms with Gasteiger partial charge in [-0.3, -0.25) is 4.79 Å². The van der Waals surface area contributed by atoms with E-state index >= 15 is 0 Å². The number of benzene rings is 1. The second kappa shape index (κ2) is 7.06. The third kappa shape index (κ3) is 3.75. The molecule has 4 N–H and O–H groups in total. The van der Waals surface area contributed by atoms with Gasteiger partial charge >= 0.3 is 0 Å². The first-order chi connectivity index (χ1) is 10.4. The minimum atomic E-state index is -1.32. The molecule has 1 saturated heterocycles. The van der Waals surface area contributed by atoms with Crippen molar-refractivity contribution >= 4 is 5.91 Å². The van der Waals surface area contributed by atoms with Gasteiger partial charge in [-0.05, 0) is 19.1 Å². The van der Waals surface area contributed by atoms with Crippen LogP contribution in [0.3, 0.4) is 0 Å². The van der Waals surface area contributed by atoms with Crippen molar-refractivity contribution in [3.8, 4) is 5.75 Å². The van der Waals surface area contributed by atoms with Gasteiger partial charge in [0, 0.05) is 6.92 Å². The molecule has 4 unspecified atom stereocenters. The number of aliphatic hydroxyl groups excluding tert-OH is 3. The Labute approximate surface area is 128 Å². The Morgan fingerprint density at radius 1 is 1.27 bits per heavy atom. The summed E-state index contributed by atoms with van der Waals surface area (Å²) in [5, 5.41) is 31.8. The van der Waals surface area contributed by atoms with Gasteiger partial charge in [-0.25, -0.2) is 0 Å². The van der Waals surface area contributed by atoms with Gasteiger partial charge in [-0.2, -0.15) is 0 Å². The molecule has 0 saturated carbocycles. The lowest BCUT2D eigenvalue weighted by molar-refractivity contribution is -0.244. The van der Waals surface area contributed by atoms with Gasteiger partial charge in [0.15, 0.2) is 0 Å². The molecule has 5 atom stereocenters. The highest BCUT2D eigenvalue weighted by Crippen LogP contribution is 2.24. The van der Waals surface area contributed by atoms with Crippen LogP contribution >= 0.6 is 0 Å². The molecule has 1 aliphatic heterocycles. The molecule has 0 radical (unpaired) electrons. The summed E-state index contributed by atoms with van der Waals surface area (Å²) in [4.78, 5) is 11.3. The van der Waals surface area contributed by atoms with E-state index in [1.165, 1.54) is 6.92 Å². The SMILES string of the molecule is CC(=O)N[C@@H]1C(Oc2ccc(C)cc2)OC(CO)C(O)C1O. The van der Waals surface area contributed by atoms with E-state index in [0.29, 0.717) is 5.75 Å². The van der Waals surface area contributed by atoms with Crippen LogP contribution in [0.1, 0.15) is 12.5 Å². The second-order valence-electron chi connectivity index (χ2n) is 5.36. The van der Waals surface area contributed by atoms with Gasteiger partial charge in [0.2, 0.25) is 12.2 Å². The van der Waals surface area contributed by atoms with Gasteiger partial charge in [-0.1, -0.05) is 17.7 Å². The fraction of sp³-hybridized carbons (Fsp3) is 0.533. The average Bonchev–Trinajstić information content (AvgIpc) is 2.48. The smallest absolute Gasteiger partial charge is 0.223 e. The lowest BCUT2D eigenvalue weighted by Gasteiger charge is -2.42. The van der Waals surface area contributed by atoms with Crippen LogP contribution in [0, 0.1) is 6.92 Å². The molecule has 1 aromatic carbocycles. The Hall–Kier alpha value is -1.67. The van der Waals surface area contributed by atoms with Gasteiger partial charge in [-0.15, -0.1) is 0 Å². The van der Waals surface area contributed by atoms with Crippen molar-refractivity contribution in [3.63, 3.8) is 0 Å². The molecule has 7 nitrogen and oxygen atoms in total. The molecule has 122 valence electrons. The van der Waals surface area contributed by atoms with E-state index in [2.05, 4.69) is 5.32 Å². The van der Waals surface area contributed by atoms with E-state index in [9.17, 15) is 20.1 Å². The molecular formula is C15H21NO6. The Kier molecular flexibility index (Phi) is 5.36. The number of hydrogen-bond acceptors (Lipinski definition) is 6. The molecule has 1 amide bonds. The maximum atomic E-state index is 11.3. The maximum absolute atomic E-state index is 11.3. The summed E-state index contributed by atoms with van der Waals surface area (Å²) >= 11 is 0. The predicted octanol–water partition coefficient (Wildman–Crippen LogP) is -0.682. The lowest BCUT2D eigenvalue weighted by Crippen LogP contribution is -2.65. The molecule has 7 heteroatoms. The Morgan fingerprint density at radius 3 is 2.45 bits per heavy atom. The van der Waals surface area contributed by atoms with Gasteiger partial charge in [0.1, 0.15) is 30.1 Å². The number of ether oxygens (including phenoxy) is 2. The van der Waals surface area contributed by atoms with E-state index in [0.717, 1.165) is 5.56 Å². The zero-order valence-electron chi connectivity index (χ0n) is 12.5. The summed E-state index contributed by atoms with van der Waals surface area (Å²) in [6, 6.07) is 6.21. The quantitative estimate of drug-likeness (QED) is 0.587. The molecule has 1 aromatic rings. The standard InChI is InChI=1S/C15H21NO6/c1-8-3-5-10(6-4-8)21-15-12(16-9(2)18)14(20)13(19)11(7-17)22-15/h3-6,11-15,17,19-20H,7H2,1-2H3,(H,16,18)/t11?,12-,13?,14?,15?/m0/s1. The van der Waals surface area contributed by atoms with Crippen LogP contribution in [-0.2, 0) is 9.53 Å². The first-order valence-corrected chi connectivity index (χ1v) is 7.05. The monoisotopic (exact) mass is 311 g/mol. The first kappa shape index (κ1) is 16.7. The van der Waals surface area contributed by atoms with Crippen LogP contribution in [0.25, 0.3) is 0 Å². The van der Waals surface area contributed by atoms with E-state index in [1.54, 1.807) is 12.1 Å². The number of carbonyl (C=O) groups is 1.